The molecule has 0 heterocycles. The molecule has 1 N–H and O–H groups in total. The number of carbonyl (C=O) groups excluding carboxylic acids is 1. The number of nitrogens with one attached hydrogen (secondary N) is 1. The van der Waals surface area contributed by atoms with Crippen molar-refractivity contribution in [3.63, 3.8) is 0 Å². The van der Waals surface area contributed by atoms with Gasteiger partial charge in [0.2, 0.25) is 5.91 Å². The van der Waals surface area contributed by atoms with Crippen LogP contribution in [0.2, 0.25) is 0 Å². The second-order valence-electron chi connectivity index (χ2n) is 4.34. The highest BCUT2D eigenvalue weighted by Crippen LogP contribution is 2.21. The monoisotopic (exact) mass is 328 g/mol. The first kappa shape index (κ1) is 14.3. The van der Waals surface area contributed by atoms with Gasteiger partial charge in [0.05, 0.1) is 11.3 Å². The number of anilines is 1. The predicted molar refractivity (Wildman–Crippen MR) is 82.2 cm³/mol. The van der Waals surface area contributed by atoms with Crippen molar-refractivity contribution in [1.82, 2.24) is 0 Å². The summed E-state index contributed by atoms with van der Waals surface area (Å²) in [6.45, 7) is 0. The molecule has 0 bridgehead atoms. The van der Waals surface area contributed by atoms with Gasteiger partial charge in [-0.25, -0.2) is 0 Å². The van der Waals surface area contributed by atoms with E-state index in [4.69, 9.17) is 5.26 Å². The van der Waals surface area contributed by atoms with Crippen LogP contribution >= 0.6 is 15.9 Å². The lowest BCUT2D eigenvalue weighted by Crippen LogP contribution is -2.13. The Bertz CT molecular complexity index is 647. The lowest BCUT2D eigenvalue weighted by molar-refractivity contribution is -0.116. The smallest absolute Gasteiger partial charge is 0.224 e. The summed E-state index contributed by atoms with van der Waals surface area (Å²) in [6.07, 6.45) is 1.07. The maximum atomic E-state index is 11.9. The van der Waals surface area contributed by atoms with E-state index < -0.39 is 0 Å². The van der Waals surface area contributed by atoms with Crippen LogP contribution in [0.4, 0.5) is 5.69 Å². The molecule has 0 atom stereocenters. The Balaban J connectivity index is 1.98. The van der Waals surface area contributed by atoms with Crippen LogP contribution in [0, 0.1) is 11.3 Å². The lowest BCUT2D eigenvalue weighted by Gasteiger charge is -2.07. The minimum atomic E-state index is -0.0940. The molecule has 20 heavy (non-hydrogen) atoms. The number of rotatable bonds is 4. The third-order valence-corrected chi connectivity index (χ3v) is 3.35. The first-order chi connectivity index (χ1) is 9.69. The summed E-state index contributed by atoms with van der Waals surface area (Å²) in [4.78, 5) is 11.9. The molecule has 4 heteroatoms. The van der Waals surface area contributed by atoms with Gasteiger partial charge < -0.3 is 5.32 Å². The van der Waals surface area contributed by atoms with E-state index in [2.05, 4.69) is 27.3 Å². The van der Waals surface area contributed by atoms with Crippen molar-refractivity contribution >= 4 is 27.5 Å². The average molecular weight is 329 g/mol. The molecular weight excluding hydrogens is 316 g/mol. The molecule has 0 fully saturated rings. The van der Waals surface area contributed by atoms with E-state index in [1.165, 1.54) is 0 Å². The molecule has 0 aliphatic rings. The number of hydrogen-bond donors (Lipinski definition) is 1. The van der Waals surface area contributed by atoms with Crippen molar-refractivity contribution in [1.29, 1.82) is 5.26 Å². The highest BCUT2D eigenvalue weighted by Gasteiger charge is 2.07. The van der Waals surface area contributed by atoms with Crippen LogP contribution < -0.4 is 5.32 Å². The molecule has 0 radical (unpaired) electrons. The van der Waals surface area contributed by atoms with Crippen molar-refractivity contribution in [3.05, 3.63) is 64.1 Å². The third kappa shape index (κ3) is 3.94. The lowest BCUT2D eigenvalue weighted by atomic mass is 10.1. The normalized spacial score (nSPS) is 9.80. The van der Waals surface area contributed by atoms with Gasteiger partial charge >= 0.3 is 0 Å². The Morgan fingerprint density at radius 1 is 1.20 bits per heavy atom. The second kappa shape index (κ2) is 6.88. The van der Waals surface area contributed by atoms with Crippen molar-refractivity contribution in [2.75, 3.05) is 5.32 Å². The minimum Gasteiger partial charge on any atom is -0.325 e. The van der Waals surface area contributed by atoms with E-state index >= 15 is 0 Å². The average Bonchev–Trinajstić information content (AvgIpc) is 2.46. The Labute approximate surface area is 126 Å². The number of nitriles is 1. The molecule has 1 amide bonds. The van der Waals surface area contributed by atoms with Crippen LogP contribution in [0.15, 0.2) is 53.0 Å². The zero-order valence-electron chi connectivity index (χ0n) is 10.8. The molecule has 3 nitrogen and oxygen atoms in total. The van der Waals surface area contributed by atoms with Gasteiger partial charge in [-0.1, -0.05) is 46.3 Å². The first-order valence-corrected chi connectivity index (χ1v) is 7.02. The fraction of sp³-hybridized carbons (Fsp3) is 0.125. The number of halogens is 1. The fourth-order valence-corrected chi connectivity index (χ4v) is 2.19. The van der Waals surface area contributed by atoms with Gasteiger partial charge in [0.25, 0.3) is 0 Å². The van der Waals surface area contributed by atoms with E-state index in [0.717, 1.165) is 10.0 Å². The van der Waals surface area contributed by atoms with Crippen LogP contribution in [0.5, 0.6) is 0 Å². The highest BCUT2D eigenvalue weighted by atomic mass is 79.9. The van der Waals surface area contributed by atoms with Crippen LogP contribution in [-0.4, -0.2) is 5.91 Å². The summed E-state index contributed by atoms with van der Waals surface area (Å²) in [5, 5.41) is 11.8. The number of benzene rings is 2. The third-order valence-electron chi connectivity index (χ3n) is 2.86. The van der Waals surface area contributed by atoms with E-state index in [1.54, 1.807) is 18.2 Å². The van der Waals surface area contributed by atoms with Gasteiger partial charge in [0.15, 0.2) is 0 Å². The maximum absolute atomic E-state index is 11.9. The second-order valence-corrected chi connectivity index (χ2v) is 5.25. The number of hydrogen-bond acceptors (Lipinski definition) is 2. The van der Waals surface area contributed by atoms with Crippen LogP contribution in [0.3, 0.4) is 0 Å². The Morgan fingerprint density at radius 2 is 1.95 bits per heavy atom. The van der Waals surface area contributed by atoms with Crippen LogP contribution in [0.25, 0.3) is 0 Å². The molecule has 0 aliphatic carbocycles. The molecule has 2 rings (SSSR count). The zero-order valence-corrected chi connectivity index (χ0v) is 12.4. The predicted octanol–water partition coefficient (Wildman–Crippen LogP) is 3.89. The highest BCUT2D eigenvalue weighted by molar-refractivity contribution is 9.10. The Hall–Kier alpha value is -2.12. The Kier molecular flexibility index (Phi) is 4.91. The summed E-state index contributed by atoms with van der Waals surface area (Å²) >= 11 is 3.33. The molecule has 0 saturated heterocycles. The van der Waals surface area contributed by atoms with Crippen molar-refractivity contribution in [2.24, 2.45) is 0 Å². The molecule has 0 aromatic heterocycles. The van der Waals surface area contributed by atoms with Gasteiger partial charge in [0.1, 0.15) is 6.07 Å². The molecule has 0 saturated carbocycles. The molecule has 2 aromatic carbocycles. The van der Waals surface area contributed by atoms with Gasteiger partial charge in [0, 0.05) is 10.9 Å². The fourth-order valence-electron chi connectivity index (χ4n) is 1.83. The van der Waals surface area contributed by atoms with Crippen LogP contribution in [-0.2, 0) is 11.2 Å². The molecule has 0 spiro atoms. The number of nitrogens with zero attached hydrogens (tertiary/aromatic N) is 1. The standard InChI is InChI=1S/C16H13BrN2O/c17-14-8-7-13(11-18)15(10-14)19-16(20)9-6-12-4-2-1-3-5-12/h1-5,7-8,10H,6,9H2,(H,19,20). The van der Waals surface area contributed by atoms with E-state index in [1.807, 2.05) is 30.3 Å². The van der Waals surface area contributed by atoms with E-state index in [0.29, 0.717) is 24.1 Å². The summed E-state index contributed by atoms with van der Waals surface area (Å²) < 4.78 is 0.829. The van der Waals surface area contributed by atoms with Gasteiger partial charge in [-0.3, -0.25) is 4.79 Å². The Morgan fingerprint density at radius 3 is 2.65 bits per heavy atom. The van der Waals surface area contributed by atoms with Gasteiger partial charge in [-0.05, 0) is 30.2 Å². The first-order valence-electron chi connectivity index (χ1n) is 6.22. The summed E-state index contributed by atoms with van der Waals surface area (Å²) in [6, 6.07) is 17.1. The molecule has 0 unspecified atom stereocenters. The van der Waals surface area contributed by atoms with Gasteiger partial charge in [-0.2, -0.15) is 5.26 Å². The largest absolute Gasteiger partial charge is 0.325 e. The van der Waals surface area contributed by atoms with Crippen molar-refractivity contribution in [3.8, 4) is 6.07 Å². The van der Waals surface area contributed by atoms with Crippen LogP contribution in [0.1, 0.15) is 17.5 Å². The summed E-state index contributed by atoms with van der Waals surface area (Å²) in [5.41, 5.74) is 2.12. The SMILES string of the molecule is N#Cc1ccc(Br)cc1NC(=O)CCc1ccccc1. The quantitative estimate of drug-likeness (QED) is 0.925. The maximum Gasteiger partial charge on any atom is 0.224 e. The van der Waals surface area contributed by atoms with E-state index in [9.17, 15) is 4.79 Å². The summed E-state index contributed by atoms with van der Waals surface area (Å²) in [5.74, 6) is -0.0940. The molecule has 0 aliphatic heterocycles. The molecule has 2 aromatic rings. The number of carbonyl (C=O) groups is 1. The summed E-state index contributed by atoms with van der Waals surface area (Å²) in [7, 11) is 0. The zero-order chi connectivity index (χ0) is 14.4. The topological polar surface area (TPSA) is 52.9 Å². The van der Waals surface area contributed by atoms with Crippen molar-refractivity contribution < 1.29 is 4.79 Å². The minimum absolute atomic E-state index is 0.0940. The van der Waals surface area contributed by atoms with E-state index in [-0.39, 0.29) is 5.91 Å². The number of aryl methyl sites for hydroxylation is 1. The van der Waals surface area contributed by atoms with Crippen molar-refractivity contribution in [2.45, 2.75) is 12.8 Å². The number of amides is 1. The molecule has 100 valence electrons. The van der Waals surface area contributed by atoms with Gasteiger partial charge in [-0.15, -0.1) is 0 Å². The molecular formula is C16H13BrN2O.